The SMILES string of the molecule is [B]N(C=O)C(C)C. The lowest BCUT2D eigenvalue weighted by Crippen LogP contribution is -2.25. The highest BCUT2D eigenvalue weighted by Crippen LogP contribution is 1.84. The molecule has 0 heterocycles. The summed E-state index contributed by atoms with van der Waals surface area (Å²) in [5.74, 6) is 0. The molecule has 0 bridgehead atoms. The molecule has 0 aliphatic carbocycles. The van der Waals surface area contributed by atoms with Gasteiger partial charge in [-0.15, -0.1) is 0 Å². The minimum atomic E-state index is 0.109. The van der Waals surface area contributed by atoms with Crippen molar-refractivity contribution in [2.45, 2.75) is 19.9 Å². The van der Waals surface area contributed by atoms with Crippen LogP contribution in [0.3, 0.4) is 0 Å². The Morgan fingerprint density at radius 1 is 1.71 bits per heavy atom. The third kappa shape index (κ3) is 2.26. The second-order valence-corrected chi connectivity index (χ2v) is 1.65. The molecule has 0 rings (SSSR count). The molecule has 1 amide bonds. The van der Waals surface area contributed by atoms with Gasteiger partial charge in [-0.1, -0.05) is 0 Å². The normalized spacial score (nSPS) is 9.00. The monoisotopic (exact) mass is 97.1 g/mol. The van der Waals surface area contributed by atoms with E-state index in [1.54, 1.807) is 0 Å². The molecule has 0 aromatic rings. The van der Waals surface area contributed by atoms with Gasteiger partial charge in [-0.2, -0.15) is 0 Å². The van der Waals surface area contributed by atoms with E-state index in [4.69, 9.17) is 7.98 Å². The summed E-state index contributed by atoms with van der Waals surface area (Å²) < 4.78 is 0. The number of rotatable bonds is 2. The highest BCUT2D eigenvalue weighted by Gasteiger charge is 1.94. The molecule has 0 fully saturated rings. The standard InChI is InChI=1S/C4H8BNO/c1-4(2)6(5)3-7/h3-4H,1-2H3. The van der Waals surface area contributed by atoms with Crippen molar-refractivity contribution in [2.75, 3.05) is 0 Å². The molecular formula is C4H8BNO. The number of amides is 1. The lowest BCUT2D eigenvalue weighted by Gasteiger charge is -2.14. The Morgan fingerprint density at radius 2 is 2.14 bits per heavy atom. The zero-order valence-electron chi connectivity index (χ0n) is 4.59. The van der Waals surface area contributed by atoms with Crippen LogP contribution in [0, 0.1) is 0 Å². The Bertz CT molecular complexity index is 64.7. The van der Waals surface area contributed by atoms with Crippen LogP contribution in [-0.2, 0) is 4.79 Å². The average Bonchev–Trinajstić information content (AvgIpc) is 1.65. The maximum absolute atomic E-state index is 9.75. The average molecular weight is 96.9 g/mol. The number of carbonyl (C=O) groups is 1. The first kappa shape index (κ1) is 6.53. The van der Waals surface area contributed by atoms with Gasteiger partial charge in [0.05, 0.1) is 0 Å². The van der Waals surface area contributed by atoms with Gasteiger partial charge in [0.25, 0.3) is 0 Å². The zero-order chi connectivity index (χ0) is 5.86. The highest BCUT2D eigenvalue weighted by atomic mass is 16.1. The van der Waals surface area contributed by atoms with Crippen LogP contribution in [0.5, 0.6) is 0 Å². The van der Waals surface area contributed by atoms with E-state index in [0.717, 1.165) is 4.81 Å². The summed E-state index contributed by atoms with van der Waals surface area (Å²) in [5, 5.41) is 0. The maximum Gasteiger partial charge on any atom is 0.230 e. The van der Waals surface area contributed by atoms with E-state index in [9.17, 15) is 4.79 Å². The minimum Gasteiger partial charge on any atom is -0.397 e. The van der Waals surface area contributed by atoms with E-state index in [2.05, 4.69) is 0 Å². The van der Waals surface area contributed by atoms with Gasteiger partial charge in [-0.05, 0) is 13.8 Å². The molecule has 2 nitrogen and oxygen atoms in total. The molecular weight excluding hydrogens is 88.9 g/mol. The Hall–Kier alpha value is -0.465. The van der Waals surface area contributed by atoms with Gasteiger partial charge < -0.3 is 4.81 Å². The molecule has 0 spiro atoms. The van der Waals surface area contributed by atoms with Crippen molar-refractivity contribution in [3.05, 3.63) is 0 Å². The summed E-state index contributed by atoms with van der Waals surface area (Å²) >= 11 is 0. The van der Waals surface area contributed by atoms with Crippen molar-refractivity contribution in [3.63, 3.8) is 0 Å². The summed E-state index contributed by atoms with van der Waals surface area (Å²) in [7, 11) is 5.08. The van der Waals surface area contributed by atoms with Crippen molar-refractivity contribution < 1.29 is 4.79 Å². The van der Waals surface area contributed by atoms with Gasteiger partial charge in [0.2, 0.25) is 7.98 Å². The van der Waals surface area contributed by atoms with Crippen LogP contribution in [0.15, 0.2) is 0 Å². The molecule has 0 atom stereocenters. The van der Waals surface area contributed by atoms with Gasteiger partial charge >= 0.3 is 0 Å². The van der Waals surface area contributed by atoms with Crippen LogP contribution in [-0.4, -0.2) is 25.2 Å². The largest absolute Gasteiger partial charge is 0.397 e. The summed E-state index contributed by atoms with van der Waals surface area (Å²) in [6.45, 7) is 3.68. The number of hydrogen-bond donors (Lipinski definition) is 0. The third-order valence-corrected chi connectivity index (χ3v) is 0.718. The fraction of sp³-hybridized carbons (Fsp3) is 0.750. The summed E-state index contributed by atoms with van der Waals surface area (Å²) in [6, 6.07) is 0.109. The fourth-order valence-electron chi connectivity index (χ4n) is 0.122. The molecule has 0 aliphatic heterocycles. The topological polar surface area (TPSA) is 20.3 Å². The Balaban J connectivity index is 3.33. The Morgan fingerprint density at radius 3 is 2.14 bits per heavy atom. The van der Waals surface area contributed by atoms with Gasteiger partial charge in [0.1, 0.15) is 0 Å². The summed E-state index contributed by atoms with van der Waals surface area (Å²) in [5.41, 5.74) is 0. The summed E-state index contributed by atoms with van der Waals surface area (Å²) in [6.07, 6.45) is 0.602. The van der Waals surface area contributed by atoms with E-state index in [-0.39, 0.29) is 6.04 Å². The first-order chi connectivity index (χ1) is 3.18. The Kier molecular flexibility index (Phi) is 2.49. The van der Waals surface area contributed by atoms with Crippen LogP contribution in [0.1, 0.15) is 13.8 Å². The van der Waals surface area contributed by atoms with Gasteiger partial charge in [-0.25, -0.2) is 0 Å². The van der Waals surface area contributed by atoms with Gasteiger partial charge in [0, 0.05) is 6.04 Å². The third-order valence-electron chi connectivity index (χ3n) is 0.718. The maximum atomic E-state index is 9.75. The van der Waals surface area contributed by atoms with Crippen molar-refractivity contribution in [1.29, 1.82) is 0 Å². The van der Waals surface area contributed by atoms with E-state index in [1.807, 2.05) is 13.8 Å². The lowest BCUT2D eigenvalue weighted by atomic mass is 10.2. The molecule has 0 N–H and O–H groups in total. The van der Waals surface area contributed by atoms with Crippen molar-refractivity contribution in [1.82, 2.24) is 4.81 Å². The Labute approximate surface area is 44.9 Å². The first-order valence-electron chi connectivity index (χ1n) is 2.16. The van der Waals surface area contributed by atoms with Crippen LogP contribution >= 0.6 is 0 Å². The molecule has 7 heavy (non-hydrogen) atoms. The number of carbonyl (C=O) groups excluding carboxylic acids is 1. The predicted octanol–water partition coefficient (Wildman–Crippen LogP) is -0.0633. The molecule has 38 valence electrons. The van der Waals surface area contributed by atoms with Crippen LogP contribution in [0.4, 0.5) is 0 Å². The lowest BCUT2D eigenvalue weighted by molar-refractivity contribution is -0.115. The van der Waals surface area contributed by atoms with E-state index in [0.29, 0.717) is 6.41 Å². The van der Waals surface area contributed by atoms with Gasteiger partial charge in [0.15, 0.2) is 6.41 Å². The smallest absolute Gasteiger partial charge is 0.230 e. The quantitative estimate of drug-likeness (QED) is 0.349. The molecule has 0 aromatic heterocycles. The van der Waals surface area contributed by atoms with E-state index >= 15 is 0 Å². The number of hydrogen-bond acceptors (Lipinski definition) is 1. The molecule has 2 radical (unpaired) electrons. The molecule has 0 aliphatic rings. The van der Waals surface area contributed by atoms with Gasteiger partial charge in [-0.3, -0.25) is 4.79 Å². The van der Waals surface area contributed by atoms with Crippen LogP contribution in [0.2, 0.25) is 0 Å². The molecule has 0 unspecified atom stereocenters. The van der Waals surface area contributed by atoms with Crippen molar-refractivity contribution in [3.8, 4) is 0 Å². The molecule has 0 saturated carbocycles. The fourth-order valence-corrected chi connectivity index (χ4v) is 0.122. The van der Waals surface area contributed by atoms with Crippen molar-refractivity contribution in [2.24, 2.45) is 0 Å². The predicted molar refractivity (Wildman–Crippen MR) is 28.8 cm³/mol. The minimum absolute atomic E-state index is 0.109. The second kappa shape index (κ2) is 2.67. The number of nitrogens with zero attached hydrogens (tertiary/aromatic N) is 1. The highest BCUT2D eigenvalue weighted by molar-refractivity contribution is 6.10. The van der Waals surface area contributed by atoms with Crippen LogP contribution < -0.4 is 0 Å². The molecule has 0 aromatic carbocycles. The van der Waals surface area contributed by atoms with E-state index in [1.165, 1.54) is 0 Å². The first-order valence-corrected chi connectivity index (χ1v) is 2.16. The van der Waals surface area contributed by atoms with Crippen LogP contribution in [0.25, 0.3) is 0 Å². The van der Waals surface area contributed by atoms with Crippen molar-refractivity contribution >= 4 is 14.4 Å². The zero-order valence-corrected chi connectivity index (χ0v) is 4.59. The molecule has 3 heteroatoms. The summed E-state index contributed by atoms with van der Waals surface area (Å²) in [4.78, 5) is 10.9. The second-order valence-electron chi connectivity index (χ2n) is 1.65. The molecule has 0 saturated heterocycles. The van der Waals surface area contributed by atoms with E-state index < -0.39 is 0 Å².